The highest BCUT2D eigenvalue weighted by Crippen LogP contribution is 2.30. The van der Waals surface area contributed by atoms with Gasteiger partial charge in [-0.1, -0.05) is 36.4 Å². The Bertz CT molecular complexity index is 1280. The van der Waals surface area contributed by atoms with E-state index in [1.165, 1.54) is 17.7 Å². The fourth-order valence-corrected chi connectivity index (χ4v) is 4.39. The molecule has 7 nitrogen and oxygen atoms in total. The van der Waals surface area contributed by atoms with E-state index in [1.54, 1.807) is 18.3 Å². The molecule has 0 saturated carbocycles. The molecule has 4 aromatic rings. The minimum Gasteiger partial charge on any atom is -0.481 e. The first kappa shape index (κ1) is 21.8. The number of nitrogens with zero attached hydrogens (tertiary/aromatic N) is 4. The van der Waals surface area contributed by atoms with E-state index < -0.39 is 5.97 Å². The number of carboxylic acid groups (broad SMARTS) is 1. The second kappa shape index (κ2) is 9.43. The van der Waals surface area contributed by atoms with E-state index in [9.17, 15) is 9.18 Å². The molecule has 0 spiro atoms. The van der Waals surface area contributed by atoms with Gasteiger partial charge in [-0.3, -0.25) is 9.89 Å². The normalized spacial score (nSPS) is 14.3. The van der Waals surface area contributed by atoms with E-state index in [1.807, 2.05) is 24.3 Å². The Labute approximate surface area is 196 Å². The number of hydrogen-bond acceptors (Lipinski definition) is 5. The van der Waals surface area contributed by atoms with E-state index in [-0.39, 0.29) is 12.2 Å². The number of carboxylic acids is 1. The van der Waals surface area contributed by atoms with Crippen molar-refractivity contribution in [2.45, 2.75) is 25.2 Å². The van der Waals surface area contributed by atoms with Crippen molar-refractivity contribution in [3.63, 3.8) is 0 Å². The van der Waals surface area contributed by atoms with Crippen LogP contribution in [0.3, 0.4) is 0 Å². The molecule has 1 fully saturated rings. The maximum Gasteiger partial charge on any atom is 0.307 e. The predicted octanol–water partition coefficient (Wildman–Crippen LogP) is 4.68. The number of aromatic amines is 1. The van der Waals surface area contributed by atoms with Gasteiger partial charge in [-0.05, 0) is 54.2 Å². The molecule has 0 radical (unpaired) electrons. The van der Waals surface area contributed by atoms with Crippen molar-refractivity contribution in [2.75, 3.05) is 18.0 Å². The van der Waals surface area contributed by atoms with Crippen LogP contribution in [-0.4, -0.2) is 44.3 Å². The van der Waals surface area contributed by atoms with Gasteiger partial charge in [-0.25, -0.2) is 14.4 Å². The van der Waals surface area contributed by atoms with Crippen LogP contribution in [0.25, 0.3) is 22.8 Å². The second-order valence-corrected chi connectivity index (χ2v) is 8.50. The molecular formula is C26H24FN5O2. The number of pyridine rings is 1. The Balaban J connectivity index is 1.21. The quantitative estimate of drug-likeness (QED) is 0.436. The van der Waals surface area contributed by atoms with Gasteiger partial charge in [0, 0.05) is 30.4 Å². The van der Waals surface area contributed by atoms with Crippen LogP contribution >= 0.6 is 0 Å². The molecule has 1 saturated heterocycles. The lowest BCUT2D eigenvalue weighted by Crippen LogP contribution is -2.33. The van der Waals surface area contributed by atoms with Crippen LogP contribution in [0, 0.1) is 5.82 Å². The van der Waals surface area contributed by atoms with Crippen LogP contribution < -0.4 is 4.90 Å². The summed E-state index contributed by atoms with van der Waals surface area (Å²) in [4.78, 5) is 22.2. The molecule has 8 heteroatoms. The van der Waals surface area contributed by atoms with E-state index in [0.717, 1.165) is 42.9 Å². The number of H-pyrrole nitrogens is 1. The Morgan fingerprint density at radius 1 is 1.06 bits per heavy atom. The third-order valence-electron chi connectivity index (χ3n) is 6.21. The minimum atomic E-state index is -0.810. The molecule has 0 bridgehead atoms. The van der Waals surface area contributed by atoms with Gasteiger partial charge in [0.1, 0.15) is 11.6 Å². The standard InChI is InChI=1S/C26H24FN5O2/c27-22-3-1-2-20(15-22)25-29-26(31-30-25)21-8-9-23(28-16-21)32-12-10-19(11-13-32)18-6-4-17(5-7-18)14-24(33)34/h1-9,15-16,19H,10-14H2,(H,33,34)(H,29,30,31). The summed E-state index contributed by atoms with van der Waals surface area (Å²) in [6, 6.07) is 18.1. The SMILES string of the molecule is O=C(O)Cc1ccc(C2CCN(c3ccc(-c4n[nH]c(-c5cccc(F)c5)n4)cn3)CC2)cc1. The number of anilines is 1. The molecule has 0 aliphatic carbocycles. The van der Waals surface area contributed by atoms with Crippen LogP contribution in [0.1, 0.15) is 29.9 Å². The van der Waals surface area contributed by atoms with Gasteiger partial charge in [-0.2, -0.15) is 5.10 Å². The number of aliphatic carboxylic acids is 1. The highest BCUT2D eigenvalue weighted by Gasteiger charge is 2.22. The van der Waals surface area contributed by atoms with Crippen molar-refractivity contribution in [3.05, 3.63) is 83.8 Å². The molecule has 172 valence electrons. The molecule has 0 atom stereocenters. The predicted molar refractivity (Wildman–Crippen MR) is 127 cm³/mol. The van der Waals surface area contributed by atoms with Gasteiger partial charge in [0.15, 0.2) is 11.6 Å². The molecule has 5 rings (SSSR count). The summed E-state index contributed by atoms with van der Waals surface area (Å²) in [5, 5.41) is 16.0. The monoisotopic (exact) mass is 457 g/mol. The zero-order valence-corrected chi connectivity index (χ0v) is 18.5. The highest BCUT2D eigenvalue weighted by atomic mass is 19.1. The average molecular weight is 458 g/mol. The topological polar surface area (TPSA) is 95.0 Å². The Hall–Kier alpha value is -4.07. The second-order valence-electron chi connectivity index (χ2n) is 8.50. The number of piperidine rings is 1. The van der Waals surface area contributed by atoms with Crippen molar-refractivity contribution in [2.24, 2.45) is 0 Å². The first-order valence-electron chi connectivity index (χ1n) is 11.3. The molecule has 1 aliphatic rings. The number of hydrogen-bond donors (Lipinski definition) is 2. The van der Waals surface area contributed by atoms with Crippen molar-refractivity contribution in [1.82, 2.24) is 20.2 Å². The summed E-state index contributed by atoms with van der Waals surface area (Å²) in [5.41, 5.74) is 3.52. The van der Waals surface area contributed by atoms with Crippen molar-refractivity contribution >= 4 is 11.8 Å². The zero-order chi connectivity index (χ0) is 23.5. The summed E-state index contributed by atoms with van der Waals surface area (Å²) in [6.45, 7) is 1.80. The largest absolute Gasteiger partial charge is 0.481 e. The molecule has 2 aromatic carbocycles. The summed E-state index contributed by atoms with van der Waals surface area (Å²) in [7, 11) is 0. The van der Waals surface area contributed by atoms with Crippen LogP contribution in [-0.2, 0) is 11.2 Å². The minimum absolute atomic E-state index is 0.0559. The van der Waals surface area contributed by atoms with Gasteiger partial charge in [0.25, 0.3) is 0 Å². The third-order valence-corrected chi connectivity index (χ3v) is 6.21. The van der Waals surface area contributed by atoms with Crippen molar-refractivity contribution < 1.29 is 14.3 Å². The van der Waals surface area contributed by atoms with Gasteiger partial charge < -0.3 is 10.0 Å². The van der Waals surface area contributed by atoms with Crippen LogP contribution in [0.4, 0.5) is 10.2 Å². The maximum atomic E-state index is 13.5. The first-order chi connectivity index (χ1) is 16.5. The smallest absolute Gasteiger partial charge is 0.307 e. The summed E-state index contributed by atoms with van der Waals surface area (Å²) in [5.74, 6) is 1.28. The van der Waals surface area contributed by atoms with Crippen molar-refractivity contribution in [3.8, 4) is 22.8 Å². The highest BCUT2D eigenvalue weighted by molar-refractivity contribution is 5.70. The molecule has 2 N–H and O–H groups in total. The van der Waals surface area contributed by atoms with E-state index in [2.05, 4.69) is 37.2 Å². The number of benzene rings is 2. The number of nitrogens with one attached hydrogen (secondary N) is 1. The van der Waals surface area contributed by atoms with E-state index in [0.29, 0.717) is 23.1 Å². The zero-order valence-electron chi connectivity index (χ0n) is 18.5. The molecule has 3 heterocycles. The Morgan fingerprint density at radius 2 is 1.85 bits per heavy atom. The summed E-state index contributed by atoms with van der Waals surface area (Å²) < 4.78 is 13.5. The maximum absolute atomic E-state index is 13.5. The lowest BCUT2D eigenvalue weighted by molar-refractivity contribution is -0.136. The lowest BCUT2D eigenvalue weighted by Gasteiger charge is -2.33. The van der Waals surface area contributed by atoms with Crippen LogP contribution in [0.5, 0.6) is 0 Å². The summed E-state index contributed by atoms with van der Waals surface area (Å²) >= 11 is 0. The van der Waals surface area contributed by atoms with Gasteiger partial charge in [-0.15, -0.1) is 0 Å². The van der Waals surface area contributed by atoms with Crippen molar-refractivity contribution in [1.29, 1.82) is 0 Å². The molecule has 2 aromatic heterocycles. The average Bonchev–Trinajstić information content (AvgIpc) is 3.35. The lowest BCUT2D eigenvalue weighted by atomic mass is 9.89. The number of halogens is 1. The fraction of sp³-hybridized carbons (Fsp3) is 0.231. The van der Waals surface area contributed by atoms with Crippen LogP contribution in [0.2, 0.25) is 0 Å². The third kappa shape index (κ3) is 4.80. The Kier molecular flexibility index (Phi) is 6.03. The molecule has 0 unspecified atom stereocenters. The number of rotatable bonds is 6. The first-order valence-corrected chi connectivity index (χ1v) is 11.3. The van der Waals surface area contributed by atoms with Gasteiger partial charge in [0.2, 0.25) is 0 Å². The molecule has 1 aliphatic heterocycles. The van der Waals surface area contributed by atoms with Gasteiger partial charge in [0.05, 0.1) is 6.42 Å². The number of carbonyl (C=O) groups is 1. The molecular weight excluding hydrogens is 433 g/mol. The van der Waals surface area contributed by atoms with E-state index in [4.69, 9.17) is 5.11 Å². The Morgan fingerprint density at radius 3 is 2.53 bits per heavy atom. The molecule has 0 amide bonds. The summed E-state index contributed by atoms with van der Waals surface area (Å²) in [6.07, 6.45) is 3.85. The molecule has 34 heavy (non-hydrogen) atoms. The number of aromatic nitrogens is 4. The van der Waals surface area contributed by atoms with Gasteiger partial charge >= 0.3 is 5.97 Å². The fourth-order valence-electron chi connectivity index (χ4n) is 4.39. The van der Waals surface area contributed by atoms with E-state index >= 15 is 0 Å². The van der Waals surface area contributed by atoms with Crippen LogP contribution in [0.15, 0.2) is 66.9 Å².